The summed E-state index contributed by atoms with van der Waals surface area (Å²) in [7, 11) is 4.00. The zero-order valence-corrected chi connectivity index (χ0v) is 9.44. The van der Waals surface area contributed by atoms with Gasteiger partial charge in [0, 0.05) is 19.8 Å². The predicted molar refractivity (Wildman–Crippen MR) is 64.4 cm³/mol. The minimum absolute atomic E-state index is 0.855. The molecule has 4 heteroatoms. The summed E-state index contributed by atoms with van der Waals surface area (Å²) in [5.41, 5.74) is 3.44. The average molecular weight is 214 g/mol. The highest BCUT2D eigenvalue weighted by Gasteiger charge is 2.10. The van der Waals surface area contributed by atoms with Gasteiger partial charge in [0.15, 0.2) is 0 Å². The number of hydrogen-bond acceptors (Lipinski definition) is 2. The largest absolute Gasteiger partial charge is 0.316 e. The van der Waals surface area contributed by atoms with E-state index in [9.17, 15) is 0 Å². The summed E-state index contributed by atoms with van der Waals surface area (Å²) in [6.45, 7) is 0.855. The molecule has 0 fully saturated rings. The third-order valence-electron chi connectivity index (χ3n) is 2.94. The fourth-order valence-electron chi connectivity index (χ4n) is 2.11. The zero-order chi connectivity index (χ0) is 11.1. The Hall–Kier alpha value is -1.81. The number of aromatic nitrogens is 3. The summed E-state index contributed by atoms with van der Waals surface area (Å²) < 4.78 is 4.26. The van der Waals surface area contributed by atoms with Gasteiger partial charge in [-0.05, 0) is 19.2 Å². The van der Waals surface area contributed by atoms with Gasteiger partial charge < -0.3 is 9.88 Å². The number of rotatable bonds is 2. The Bertz CT molecular complexity index is 647. The normalized spacial score (nSPS) is 11.6. The first-order valence-electron chi connectivity index (χ1n) is 5.37. The van der Waals surface area contributed by atoms with Crippen LogP contribution in [0, 0.1) is 0 Å². The van der Waals surface area contributed by atoms with Gasteiger partial charge in [-0.3, -0.25) is 4.40 Å². The third-order valence-corrected chi connectivity index (χ3v) is 2.94. The van der Waals surface area contributed by atoms with Crippen LogP contribution < -0.4 is 5.32 Å². The molecule has 3 aromatic rings. The first-order valence-corrected chi connectivity index (χ1v) is 5.37. The van der Waals surface area contributed by atoms with Crippen LogP contribution in [0.1, 0.15) is 5.69 Å². The second-order valence-corrected chi connectivity index (χ2v) is 3.98. The molecule has 0 aliphatic heterocycles. The molecule has 0 bridgehead atoms. The number of hydrogen-bond donors (Lipinski definition) is 1. The van der Waals surface area contributed by atoms with Crippen LogP contribution in [0.4, 0.5) is 0 Å². The lowest BCUT2D eigenvalue weighted by Gasteiger charge is -1.99. The van der Waals surface area contributed by atoms with Crippen LogP contribution in [-0.4, -0.2) is 21.0 Å². The van der Waals surface area contributed by atoms with Gasteiger partial charge >= 0.3 is 0 Å². The number of para-hydroxylation sites is 2. The van der Waals surface area contributed by atoms with Gasteiger partial charge in [-0.25, -0.2) is 4.98 Å². The Labute approximate surface area is 93.5 Å². The molecule has 16 heavy (non-hydrogen) atoms. The lowest BCUT2D eigenvalue weighted by molar-refractivity contribution is 0.742. The van der Waals surface area contributed by atoms with E-state index in [1.807, 2.05) is 32.3 Å². The standard InChI is InChI=1S/C12H14N4/c1-13-7-9-8-16-11-6-4-3-5-10(11)14-12(16)15(9)2/h3-6,8,13H,7H2,1-2H3. The lowest BCUT2D eigenvalue weighted by Crippen LogP contribution is -2.08. The minimum atomic E-state index is 0.855. The zero-order valence-electron chi connectivity index (χ0n) is 9.44. The Kier molecular flexibility index (Phi) is 1.97. The van der Waals surface area contributed by atoms with Crippen molar-refractivity contribution in [2.75, 3.05) is 7.05 Å². The molecular weight excluding hydrogens is 200 g/mol. The lowest BCUT2D eigenvalue weighted by atomic mass is 10.3. The number of aryl methyl sites for hydroxylation is 1. The molecule has 1 aromatic carbocycles. The Morgan fingerprint density at radius 1 is 1.31 bits per heavy atom. The Morgan fingerprint density at radius 2 is 2.12 bits per heavy atom. The van der Waals surface area contributed by atoms with E-state index in [2.05, 4.69) is 31.5 Å². The smallest absolute Gasteiger partial charge is 0.214 e. The molecule has 0 saturated carbocycles. The van der Waals surface area contributed by atoms with Gasteiger partial charge in [0.25, 0.3) is 0 Å². The van der Waals surface area contributed by atoms with Gasteiger partial charge in [-0.2, -0.15) is 0 Å². The van der Waals surface area contributed by atoms with Crippen LogP contribution in [0.3, 0.4) is 0 Å². The van der Waals surface area contributed by atoms with E-state index in [-0.39, 0.29) is 0 Å². The maximum Gasteiger partial charge on any atom is 0.214 e. The van der Waals surface area contributed by atoms with Crippen molar-refractivity contribution >= 4 is 16.8 Å². The first-order chi connectivity index (χ1) is 7.81. The number of nitrogens with one attached hydrogen (secondary N) is 1. The maximum atomic E-state index is 4.62. The molecule has 0 amide bonds. The summed E-state index contributed by atoms with van der Waals surface area (Å²) in [5.74, 6) is 0.992. The fourth-order valence-corrected chi connectivity index (χ4v) is 2.11. The van der Waals surface area contributed by atoms with E-state index in [1.165, 1.54) is 5.69 Å². The highest BCUT2D eigenvalue weighted by Crippen LogP contribution is 2.18. The number of nitrogens with zero attached hydrogens (tertiary/aromatic N) is 3. The van der Waals surface area contributed by atoms with Crippen molar-refractivity contribution in [3.8, 4) is 0 Å². The summed E-state index contributed by atoms with van der Waals surface area (Å²) in [6.07, 6.45) is 2.14. The third kappa shape index (κ3) is 1.17. The van der Waals surface area contributed by atoms with E-state index < -0.39 is 0 Å². The van der Waals surface area contributed by atoms with Crippen molar-refractivity contribution in [2.45, 2.75) is 6.54 Å². The second kappa shape index (κ2) is 3.35. The summed E-state index contributed by atoms with van der Waals surface area (Å²) >= 11 is 0. The molecule has 2 aromatic heterocycles. The molecular formula is C12H14N4. The molecule has 0 aliphatic carbocycles. The van der Waals surface area contributed by atoms with E-state index in [4.69, 9.17) is 0 Å². The number of fused-ring (bicyclic) bond motifs is 3. The van der Waals surface area contributed by atoms with Crippen LogP contribution in [0.25, 0.3) is 16.8 Å². The van der Waals surface area contributed by atoms with Crippen molar-refractivity contribution in [1.29, 1.82) is 0 Å². The van der Waals surface area contributed by atoms with E-state index in [1.54, 1.807) is 0 Å². The van der Waals surface area contributed by atoms with Crippen molar-refractivity contribution < 1.29 is 0 Å². The molecule has 82 valence electrons. The predicted octanol–water partition coefficient (Wildman–Crippen LogP) is 1.55. The number of benzene rings is 1. The van der Waals surface area contributed by atoms with E-state index in [0.717, 1.165) is 23.4 Å². The van der Waals surface area contributed by atoms with Crippen LogP contribution in [0.5, 0.6) is 0 Å². The molecule has 0 atom stereocenters. The van der Waals surface area contributed by atoms with E-state index >= 15 is 0 Å². The van der Waals surface area contributed by atoms with Crippen LogP contribution >= 0.6 is 0 Å². The van der Waals surface area contributed by atoms with Crippen LogP contribution in [0.15, 0.2) is 30.5 Å². The second-order valence-electron chi connectivity index (χ2n) is 3.98. The maximum absolute atomic E-state index is 4.62. The topological polar surface area (TPSA) is 34.3 Å². The van der Waals surface area contributed by atoms with Crippen molar-refractivity contribution in [1.82, 2.24) is 19.3 Å². The first kappa shape index (κ1) is 9.42. The molecule has 2 heterocycles. The summed E-state index contributed by atoms with van der Waals surface area (Å²) in [4.78, 5) is 4.62. The van der Waals surface area contributed by atoms with Gasteiger partial charge in [0.05, 0.1) is 16.7 Å². The summed E-state index contributed by atoms with van der Waals surface area (Å²) in [5, 5.41) is 3.16. The molecule has 3 rings (SSSR count). The molecule has 0 spiro atoms. The monoisotopic (exact) mass is 214 g/mol. The molecule has 0 radical (unpaired) electrons. The van der Waals surface area contributed by atoms with Gasteiger partial charge in [-0.15, -0.1) is 0 Å². The Morgan fingerprint density at radius 3 is 2.94 bits per heavy atom. The molecule has 0 aliphatic rings. The molecule has 0 saturated heterocycles. The van der Waals surface area contributed by atoms with Gasteiger partial charge in [0.1, 0.15) is 0 Å². The van der Waals surface area contributed by atoms with Gasteiger partial charge in [-0.1, -0.05) is 12.1 Å². The van der Waals surface area contributed by atoms with Crippen molar-refractivity contribution in [2.24, 2.45) is 7.05 Å². The molecule has 1 N–H and O–H groups in total. The van der Waals surface area contributed by atoms with Crippen molar-refractivity contribution in [3.05, 3.63) is 36.2 Å². The quantitative estimate of drug-likeness (QED) is 0.702. The summed E-state index contributed by atoms with van der Waals surface area (Å²) in [6, 6.07) is 8.20. The van der Waals surface area contributed by atoms with Gasteiger partial charge in [0.2, 0.25) is 5.78 Å². The molecule has 0 unspecified atom stereocenters. The minimum Gasteiger partial charge on any atom is -0.316 e. The fraction of sp³-hybridized carbons (Fsp3) is 0.250. The number of imidazole rings is 2. The van der Waals surface area contributed by atoms with Crippen LogP contribution in [-0.2, 0) is 13.6 Å². The van der Waals surface area contributed by atoms with Crippen LogP contribution in [0.2, 0.25) is 0 Å². The SMILES string of the molecule is CNCc1cn2c3ccccc3nc2n1C. The Balaban J connectivity index is 2.35. The highest BCUT2D eigenvalue weighted by atomic mass is 15.2. The average Bonchev–Trinajstić information content (AvgIpc) is 2.79. The molecule has 4 nitrogen and oxygen atoms in total. The van der Waals surface area contributed by atoms with E-state index in [0.29, 0.717) is 0 Å². The highest BCUT2D eigenvalue weighted by molar-refractivity contribution is 5.79. The van der Waals surface area contributed by atoms with Crippen molar-refractivity contribution in [3.63, 3.8) is 0 Å².